The molecule has 0 spiro atoms. The normalized spacial score (nSPS) is 10.8. The molecular formula is C18H20F2N2O2. The first kappa shape index (κ1) is 18.0. The quantitative estimate of drug-likeness (QED) is 0.780. The zero-order valence-electron chi connectivity index (χ0n) is 13.2. The van der Waals surface area contributed by atoms with E-state index < -0.39 is 11.6 Å². The summed E-state index contributed by atoms with van der Waals surface area (Å²) in [6, 6.07) is 13.0. The van der Waals surface area contributed by atoms with Gasteiger partial charge >= 0.3 is 0 Å². The lowest BCUT2D eigenvalue weighted by molar-refractivity contribution is -0.117. The molecule has 0 aliphatic heterocycles. The molecule has 128 valence electrons. The van der Waals surface area contributed by atoms with E-state index >= 15 is 0 Å². The van der Waals surface area contributed by atoms with E-state index in [-0.39, 0.29) is 24.7 Å². The van der Waals surface area contributed by atoms with Crippen LogP contribution in [0.2, 0.25) is 0 Å². The minimum atomic E-state index is -1.01. The van der Waals surface area contributed by atoms with Crippen LogP contribution in [0.1, 0.15) is 5.56 Å². The second-order valence-corrected chi connectivity index (χ2v) is 5.41. The fourth-order valence-electron chi connectivity index (χ4n) is 2.32. The van der Waals surface area contributed by atoms with Gasteiger partial charge in [-0.25, -0.2) is 8.78 Å². The van der Waals surface area contributed by atoms with E-state index in [4.69, 9.17) is 5.11 Å². The number of nitrogens with zero attached hydrogens (tertiary/aromatic N) is 1. The van der Waals surface area contributed by atoms with E-state index in [0.717, 1.165) is 24.1 Å². The van der Waals surface area contributed by atoms with Crippen LogP contribution in [0.15, 0.2) is 48.5 Å². The Bertz CT molecular complexity index is 665. The third-order valence-electron chi connectivity index (χ3n) is 3.55. The summed E-state index contributed by atoms with van der Waals surface area (Å²) < 4.78 is 26.0. The summed E-state index contributed by atoms with van der Waals surface area (Å²) >= 11 is 0. The zero-order chi connectivity index (χ0) is 17.4. The lowest BCUT2D eigenvalue weighted by atomic mass is 10.1. The van der Waals surface area contributed by atoms with Crippen molar-refractivity contribution in [3.8, 4) is 0 Å². The second-order valence-electron chi connectivity index (χ2n) is 5.41. The van der Waals surface area contributed by atoms with Crippen molar-refractivity contribution in [2.45, 2.75) is 6.42 Å². The lowest BCUT2D eigenvalue weighted by Crippen LogP contribution is -2.36. The van der Waals surface area contributed by atoms with Gasteiger partial charge < -0.3 is 10.4 Å². The molecule has 0 aromatic heterocycles. The molecule has 0 aliphatic carbocycles. The molecule has 0 radical (unpaired) electrons. The highest BCUT2D eigenvalue weighted by atomic mass is 19.2. The van der Waals surface area contributed by atoms with Crippen LogP contribution in [-0.2, 0) is 11.2 Å². The summed E-state index contributed by atoms with van der Waals surface area (Å²) in [5.41, 5.74) is 1.34. The molecule has 0 fully saturated rings. The van der Waals surface area contributed by atoms with Gasteiger partial charge in [0.15, 0.2) is 11.6 Å². The third kappa shape index (κ3) is 5.72. The minimum absolute atomic E-state index is 0.0619. The molecule has 1 amide bonds. The Hall–Kier alpha value is -2.31. The van der Waals surface area contributed by atoms with Crippen LogP contribution in [-0.4, -0.2) is 42.2 Å². The number of aliphatic hydroxyl groups excluding tert-OH is 1. The summed E-state index contributed by atoms with van der Waals surface area (Å²) in [6.07, 6.45) is 0.749. The van der Waals surface area contributed by atoms with Crippen LogP contribution >= 0.6 is 0 Å². The topological polar surface area (TPSA) is 52.6 Å². The molecule has 0 saturated carbocycles. The Morgan fingerprint density at radius 1 is 1.04 bits per heavy atom. The number of nitrogens with one attached hydrogen (secondary N) is 1. The van der Waals surface area contributed by atoms with Crippen molar-refractivity contribution in [1.82, 2.24) is 4.90 Å². The molecule has 0 atom stereocenters. The number of halogens is 2. The lowest BCUT2D eigenvalue weighted by Gasteiger charge is -2.20. The Morgan fingerprint density at radius 2 is 1.79 bits per heavy atom. The molecule has 0 aliphatic rings. The van der Waals surface area contributed by atoms with E-state index in [1.165, 1.54) is 6.07 Å². The molecule has 0 bridgehead atoms. The summed E-state index contributed by atoms with van der Waals surface area (Å²) in [5.74, 6) is -2.32. The summed E-state index contributed by atoms with van der Waals surface area (Å²) in [7, 11) is 0. The van der Waals surface area contributed by atoms with Crippen LogP contribution in [0.25, 0.3) is 0 Å². The van der Waals surface area contributed by atoms with Crippen molar-refractivity contribution in [3.05, 3.63) is 65.7 Å². The number of rotatable bonds is 8. The van der Waals surface area contributed by atoms with Gasteiger partial charge in [-0.2, -0.15) is 0 Å². The van der Waals surface area contributed by atoms with E-state index in [1.54, 1.807) is 0 Å². The van der Waals surface area contributed by atoms with E-state index in [9.17, 15) is 13.6 Å². The Balaban J connectivity index is 1.88. The number of hydrogen-bond acceptors (Lipinski definition) is 3. The second kappa shape index (κ2) is 9.10. The summed E-state index contributed by atoms with van der Waals surface area (Å²) in [6.45, 7) is 0.966. The molecule has 2 aromatic rings. The summed E-state index contributed by atoms with van der Waals surface area (Å²) in [4.78, 5) is 13.9. The van der Waals surface area contributed by atoms with Crippen molar-refractivity contribution in [2.24, 2.45) is 0 Å². The maximum atomic E-state index is 13.2. The Labute approximate surface area is 139 Å². The number of carbonyl (C=O) groups excluding carboxylic acids is 1. The van der Waals surface area contributed by atoms with Gasteiger partial charge in [-0.3, -0.25) is 9.69 Å². The highest BCUT2D eigenvalue weighted by Crippen LogP contribution is 2.13. The first-order valence-electron chi connectivity index (χ1n) is 7.70. The van der Waals surface area contributed by atoms with Crippen molar-refractivity contribution in [3.63, 3.8) is 0 Å². The molecule has 2 rings (SSSR count). The van der Waals surface area contributed by atoms with Crippen LogP contribution in [0.3, 0.4) is 0 Å². The molecule has 24 heavy (non-hydrogen) atoms. The first-order chi connectivity index (χ1) is 11.6. The largest absolute Gasteiger partial charge is 0.395 e. The first-order valence-corrected chi connectivity index (χ1v) is 7.70. The van der Waals surface area contributed by atoms with Crippen molar-refractivity contribution >= 4 is 11.6 Å². The van der Waals surface area contributed by atoms with Crippen LogP contribution in [0.4, 0.5) is 14.5 Å². The van der Waals surface area contributed by atoms with Crippen molar-refractivity contribution in [2.75, 3.05) is 31.6 Å². The fraction of sp³-hybridized carbons (Fsp3) is 0.278. The van der Waals surface area contributed by atoms with Gasteiger partial charge in [-0.05, 0) is 24.1 Å². The zero-order valence-corrected chi connectivity index (χ0v) is 13.2. The third-order valence-corrected chi connectivity index (χ3v) is 3.55. The van der Waals surface area contributed by atoms with Gasteiger partial charge in [0.1, 0.15) is 0 Å². The maximum absolute atomic E-state index is 13.2. The van der Waals surface area contributed by atoms with E-state index in [0.29, 0.717) is 13.1 Å². The summed E-state index contributed by atoms with van der Waals surface area (Å²) in [5, 5.41) is 11.7. The van der Waals surface area contributed by atoms with Gasteiger partial charge in [0.05, 0.1) is 13.2 Å². The number of carbonyl (C=O) groups is 1. The van der Waals surface area contributed by atoms with E-state index in [1.807, 2.05) is 35.2 Å². The molecule has 0 heterocycles. The monoisotopic (exact) mass is 334 g/mol. The molecule has 2 N–H and O–H groups in total. The highest BCUT2D eigenvalue weighted by molar-refractivity contribution is 5.92. The van der Waals surface area contributed by atoms with Gasteiger partial charge in [-0.1, -0.05) is 30.3 Å². The highest BCUT2D eigenvalue weighted by Gasteiger charge is 2.12. The predicted octanol–water partition coefficient (Wildman–Crippen LogP) is 2.44. The van der Waals surface area contributed by atoms with Gasteiger partial charge in [0.25, 0.3) is 0 Å². The SMILES string of the molecule is O=C(CN(CCO)CCc1ccccc1)Nc1ccc(F)c(F)c1. The van der Waals surface area contributed by atoms with Crippen LogP contribution < -0.4 is 5.32 Å². The fourth-order valence-corrected chi connectivity index (χ4v) is 2.32. The molecule has 4 nitrogen and oxygen atoms in total. The molecule has 0 unspecified atom stereocenters. The predicted molar refractivity (Wildman–Crippen MR) is 88.7 cm³/mol. The number of benzene rings is 2. The van der Waals surface area contributed by atoms with Crippen molar-refractivity contribution in [1.29, 1.82) is 0 Å². The van der Waals surface area contributed by atoms with E-state index in [2.05, 4.69) is 5.32 Å². The van der Waals surface area contributed by atoms with Gasteiger partial charge in [-0.15, -0.1) is 0 Å². The smallest absolute Gasteiger partial charge is 0.238 e. The standard InChI is InChI=1S/C18H20F2N2O2/c19-16-7-6-15(12-17(16)20)21-18(24)13-22(10-11-23)9-8-14-4-2-1-3-5-14/h1-7,12,23H,8-11,13H2,(H,21,24). The van der Waals surface area contributed by atoms with Crippen molar-refractivity contribution < 1.29 is 18.7 Å². The Morgan fingerprint density at radius 3 is 2.46 bits per heavy atom. The maximum Gasteiger partial charge on any atom is 0.238 e. The minimum Gasteiger partial charge on any atom is -0.395 e. The molecule has 2 aromatic carbocycles. The molecule has 6 heteroatoms. The molecular weight excluding hydrogens is 314 g/mol. The molecule has 0 saturated heterocycles. The average molecular weight is 334 g/mol. The number of aliphatic hydroxyl groups is 1. The average Bonchev–Trinajstić information content (AvgIpc) is 2.57. The number of hydrogen-bond donors (Lipinski definition) is 2. The van der Waals surface area contributed by atoms with Gasteiger partial charge in [0, 0.05) is 24.8 Å². The van der Waals surface area contributed by atoms with Gasteiger partial charge in [0.2, 0.25) is 5.91 Å². The number of amides is 1. The Kier molecular flexibility index (Phi) is 6.84. The van der Waals surface area contributed by atoms with Crippen LogP contribution in [0, 0.1) is 11.6 Å². The number of anilines is 1. The van der Waals surface area contributed by atoms with Crippen LogP contribution in [0.5, 0.6) is 0 Å².